The van der Waals surface area contributed by atoms with E-state index in [1.807, 2.05) is 17.8 Å². The van der Waals surface area contributed by atoms with Crippen LogP contribution in [0.15, 0.2) is 30.3 Å². The van der Waals surface area contributed by atoms with Gasteiger partial charge >= 0.3 is 0 Å². The molecule has 0 fully saturated rings. The molecule has 110 valence electrons. The highest BCUT2D eigenvalue weighted by Crippen LogP contribution is 2.30. The van der Waals surface area contributed by atoms with E-state index in [1.165, 1.54) is 5.56 Å². The molecule has 2 heterocycles. The summed E-state index contributed by atoms with van der Waals surface area (Å²) in [6.45, 7) is 4.26. The molecular weight excluding hydrogens is 262 g/mol. The van der Waals surface area contributed by atoms with Crippen LogP contribution in [0.4, 0.5) is 5.95 Å². The number of nitrogen functional groups attached to an aromatic ring is 1. The fourth-order valence-corrected chi connectivity index (χ4v) is 3.01. The standard InChI is InChI=1S/C16H21N5/c1-4-12-14-15(20(3)19-12)21(16(17)18-14)13(5-2)11-9-7-6-8-10-11/h6-10,13H,4-5H2,1-3H3,(H2,17,18). The molecule has 0 aliphatic carbocycles. The van der Waals surface area contributed by atoms with Gasteiger partial charge in [0.05, 0.1) is 11.7 Å². The van der Waals surface area contributed by atoms with Gasteiger partial charge in [-0.15, -0.1) is 0 Å². The van der Waals surface area contributed by atoms with Gasteiger partial charge in [-0.05, 0) is 18.4 Å². The Morgan fingerprint density at radius 1 is 1.19 bits per heavy atom. The van der Waals surface area contributed by atoms with E-state index in [4.69, 9.17) is 5.73 Å². The van der Waals surface area contributed by atoms with Crippen molar-refractivity contribution in [3.63, 3.8) is 0 Å². The van der Waals surface area contributed by atoms with E-state index in [0.29, 0.717) is 5.95 Å². The minimum atomic E-state index is 0.177. The first-order valence-corrected chi connectivity index (χ1v) is 7.41. The topological polar surface area (TPSA) is 61.7 Å². The van der Waals surface area contributed by atoms with Gasteiger partial charge in [-0.2, -0.15) is 5.10 Å². The Kier molecular flexibility index (Phi) is 3.41. The van der Waals surface area contributed by atoms with Crippen LogP contribution in [0, 0.1) is 0 Å². The monoisotopic (exact) mass is 283 g/mol. The lowest BCUT2D eigenvalue weighted by molar-refractivity contribution is 0.572. The first-order chi connectivity index (χ1) is 10.2. The Balaban J connectivity index is 2.23. The first-order valence-electron chi connectivity index (χ1n) is 7.41. The molecule has 0 radical (unpaired) electrons. The maximum atomic E-state index is 6.21. The number of hydrogen-bond donors (Lipinski definition) is 1. The molecule has 3 aromatic rings. The van der Waals surface area contributed by atoms with Crippen molar-refractivity contribution >= 4 is 17.1 Å². The molecule has 2 aromatic heterocycles. The van der Waals surface area contributed by atoms with Gasteiger partial charge in [0, 0.05) is 7.05 Å². The highest BCUT2D eigenvalue weighted by molar-refractivity contribution is 5.78. The van der Waals surface area contributed by atoms with Gasteiger partial charge in [0.1, 0.15) is 5.52 Å². The molecule has 5 nitrogen and oxygen atoms in total. The number of anilines is 1. The third-order valence-corrected chi connectivity index (χ3v) is 3.98. The maximum Gasteiger partial charge on any atom is 0.203 e. The van der Waals surface area contributed by atoms with Gasteiger partial charge in [0.2, 0.25) is 5.95 Å². The summed E-state index contributed by atoms with van der Waals surface area (Å²) in [5.41, 5.74) is 10.4. The van der Waals surface area contributed by atoms with Crippen molar-refractivity contribution in [2.45, 2.75) is 32.7 Å². The van der Waals surface area contributed by atoms with Crippen LogP contribution in [0.3, 0.4) is 0 Å². The average molecular weight is 283 g/mol. The summed E-state index contributed by atoms with van der Waals surface area (Å²) in [6.07, 6.45) is 1.81. The zero-order valence-corrected chi connectivity index (χ0v) is 12.7. The molecule has 0 aliphatic heterocycles. The van der Waals surface area contributed by atoms with E-state index in [1.54, 1.807) is 0 Å². The molecule has 1 unspecified atom stereocenters. The molecule has 21 heavy (non-hydrogen) atoms. The van der Waals surface area contributed by atoms with Gasteiger partial charge in [0.25, 0.3) is 0 Å². The van der Waals surface area contributed by atoms with Gasteiger partial charge in [0.15, 0.2) is 5.65 Å². The number of nitrogens with two attached hydrogens (primary N) is 1. The maximum absolute atomic E-state index is 6.21. The number of benzene rings is 1. The predicted octanol–water partition coefficient (Wildman–Crippen LogP) is 2.91. The number of rotatable bonds is 4. The van der Waals surface area contributed by atoms with E-state index in [2.05, 4.69) is 52.8 Å². The molecule has 0 amide bonds. The van der Waals surface area contributed by atoms with E-state index < -0.39 is 0 Å². The Bertz CT molecular complexity index is 754. The van der Waals surface area contributed by atoms with Crippen LogP contribution in [0.2, 0.25) is 0 Å². The predicted molar refractivity (Wildman–Crippen MR) is 85.2 cm³/mol. The Hall–Kier alpha value is -2.30. The van der Waals surface area contributed by atoms with Crippen molar-refractivity contribution in [2.75, 3.05) is 5.73 Å². The molecular formula is C16H21N5. The second kappa shape index (κ2) is 5.24. The van der Waals surface area contributed by atoms with Crippen LogP contribution in [-0.2, 0) is 13.5 Å². The summed E-state index contributed by atoms with van der Waals surface area (Å²) in [5.74, 6) is 0.559. The molecule has 0 aliphatic rings. The second-order valence-electron chi connectivity index (χ2n) is 5.27. The third-order valence-electron chi connectivity index (χ3n) is 3.98. The van der Waals surface area contributed by atoms with Gasteiger partial charge in [-0.25, -0.2) is 4.98 Å². The Labute approximate surface area is 124 Å². The summed E-state index contributed by atoms with van der Waals surface area (Å²) >= 11 is 0. The Morgan fingerprint density at radius 3 is 2.52 bits per heavy atom. The molecule has 2 N–H and O–H groups in total. The van der Waals surface area contributed by atoms with Crippen LogP contribution in [0.1, 0.15) is 37.6 Å². The van der Waals surface area contributed by atoms with Crippen LogP contribution >= 0.6 is 0 Å². The average Bonchev–Trinajstić information content (AvgIpc) is 2.99. The summed E-state index contributed by atoms with van der Waals surface area (Å²) < 4.78 is 4.00. The third kappa shape index (κ3) is 2.09. The molecule has 0 spiro atoms. The van der Waals surface area contributed by atoms with Crippen molar-refractivity contribution < 1.29 is 0 Å². The highest BCUT2D eigenvalue weighted by Gasteiger charge is 2.22. The number of imidazole rings is 1. The first kappa shape index (κ1) is 13.7. The van der Waals surface area contributed by atoms with Crippen molar-refractivity contribution in [1.29, 1.82) is 0 Å². The quantitative estimate of drug-likeness (QED) is 0.800. The summed E-state index contributed by atoms with van der Waals surface area (Å²) in [7, 11) is 1.96. The number of hydrogen-bond acceptors (Lipinski definition) is 3. The van der Waals surface area contributed by atoms with Crippen molar-refractivity contribution in [3.8, 4) is 0 Å². The molecule has 1 aromatic carbocycles. The van der Waals surface area contributed by atoms with Crippen molar-refractivity contribution in [1.82, 2.24) is 19.3 Å². The lowest BCUT2D eigenvalue weighted by Crippen LogP contribution is -2.14. The van der Waals surface area contributed by atoms with E-state index in [9.17, 15) is 0 Å². The summed E-state index contributed by atoms with van der Waals surface area (Å²) in [5, 5.41) is 4.56. The van der Waals surface area contributed by atoms with E-state index in [0.717, 1.165) is 29.7 Å². The smallest absolute Gasteiger partial charge is 0.203 e. The zero-order valence-electron chi connectivity index (χ0n) is 12.7. The number of aromatic nitrogens is 4. The number of nitrogens with zero attached hydrogens (tertiary/aromatic N) is 4. The second-order valence-corrected chi connectivity index (χ2v) is 5.27. The molecule has 0 bridgehead atoms. The van der Waals surface area contributed by atoms with Crippen LogP contribution < -0.4 is 5.73 Å². The normalized spacial score (nSPS) is 12.9. The molecule has 0 saturated heterocycles. The minimum absolute atomic E-state index is 0.177. The molecule has 5 heteroatoms. The zero-order chi connectivity index (χ0) is 15.0. The highest BCUT2D eigenvalue weighted by atomic mass is 15.4. The van der Waals surface area contributed by atoms with Gasteiger partial charge in [-0.1, -0.05) is 44.2 Å². The lowest BCUT2D eigenvalue weighted by Gasteiger charge is -2.19. The fraction of sp³-hybridized carbons (Fsp3) is 0.375. The van der Waals surface area contributed by atoms with E-state index in [-0.39, 0.29) is 6.04 Å². The van der Waals surface area contributed by atoms with Crippen LogP contribution in [-0.4, -0.2) is 19.3 Å². The van der Waals surface area contributed by atoms with Crippen molar-refractivity contribution in [2.24, 2.45) is 7.05 Å². The number of aryl methyl sites for hydroxylation is 2. The fourth-order valence-electron chi connectivity index (χ4n) is 3.01. The largest absolute Gasteiger partial charge is 0.369 e. The minimum Gasteiger partial charge on any atom is -0.369 e. The van der Waals surface area contributed by atoms with E-state index >= 15 is 0 Å². The summed E-state index contributed by atoms with van der Waals surface area (Å²) in [6, 6.07) is 10.6. The van der Waals surface area contributed by atoms with Crippen LogP contribution in [0.5, 0.6) is 0 Å². The molecule has 0 saturated carbocycles. The molecule has 1 atom stereocenters. The molecule has 3 rings (SSSR count). The SMILES string of the molecule is CCc1nn(C)c2c1nc(N)n2C(CC)c1ccccc1. The summed E-state index contributed by atoms with van der Waals surface area (Å²) in [4.78, 5) is 4.56. The number of fused-ring (bicyclic) bond motifs is 1. The lowest BCUT2D eigenvalue weighted by atomic mass is 10.0. The van der Waals surface area contributed by atoms with Gasteiger partial charge < -0.3 is 5.73 Å². The van der Waals surface area contributed by atoms with Crippen LogP contribution in [0.25, 0.3) is 11.2 Å². The van der Waals surface area contributed by atoms with Crippen molar-refractivity contribution in [3.05, 3.63) is 41.6 Å². The van der Waals surface area contributed by atoms with Gasteiger partial charge in [-0.3, -0.25) is 9.25 Å². The Morgan fingerprint density at radius 2 is 1.90 bits per heavy atom.